The van der Waals surface area contributed by atoms with E-state index in [0.717, 1.165) is 17.3 Å². The van der Waals surface area contributed by atoms with Crippen LogP contribution in [0, 0.1) is 0 Å². The topological polar surface area (TPSA) is 44.8 Å². The quantitative estimate of drug-likeness (QED) is 0.461. The smallest absolute Gasteiger partial charge is 0.338 e. The van der Waals surface area contributed by atoms with E-state index in [1.807, 2.05) is 18.2 Å². The number of ether oxygens (including phenoxy) is 3. The van der Waals surface area contributed by atoms with Gasteiger partial charge in [0.1, 0.15) is 12.2 Å². The number of hydrogen-bond acceptors (Lipinski definition) is 4. The minimum atomic E-state index is -0.292. The highest BCUT2D eigenvalue weighted by Crippen LogP contribution is 2.24. The van der Waals surface area contributed by atoms with Crippen molar-refractivity contribution in [3.63, 3.8) is 0 Å². The maximum atomic E-state index is 12.0. The highest BCUT2D eigenvalue weighted by molar-refractivity contribution is 14.1. The van der Waals surface area contributed by atoms with E-state index in [2.05, 4.69) is 22.6 Å². The van der Waals surface area contributed by atoms with Crippen LogP contribution in [0.25, 0.3) is 0 Å². The van der Waals surface area contributed by atoms with Gasteiger partial charge in [-0.05, 0) is 18.6 Å². The van der Waals surface area contributed by atoms with Crippen LogP contribution >= 0.6 is 22.6 Å². The van der Waals surface area contributed by atoms with Crippen LogP contribution in [0.2, 0.25) is 0 Å². The van der Waals surface area contributed by atoms with Crippen LogP contribution in [0.4, 0.5) is 0 Å². The lowest BCUT2D eigenvalue weighted by atomic mass is 10.1. The van der Waals surface area contributed by atoms with E-state index in [9.17, 15) is 4.79 Å². The molecule has 19 heavy (non-hydrogen) atoms. The second kappa shape index (κ2) is 7.21. The van der Waals surface area contributed by atoms with Crippen LogP contribution in [0.15, 0.2) is 30.3 Å². The van der Waals surface area contributed by atoms with Gasteiger partial charge in [-0.3, -0.25) is 0 Å². The lowest BCUT2D eigenvalue weighted by Crippen LogP contribution is -2.43. The first-order valence-electron chi connectivity index (χ1n) is 6.25. The van der Waals surface area contributed by atoms with Crippen molar-refractivity contribution in [2.45, 2.75) is 31.3 Å². The SMILES string of the molecule is CO[C@@H]1CC[C@H](OC(=O)c2ccccc2)[C@H](CI)O1. The van der Waals surface area contributed by atoms with Gasteiger partial charge in [0, 0.05) is 18.0 Å². The molecule has 5 heteroatoms. The Labute approximate surface area is 126 Å². The number of carbonyl (C=O) groups excluding carboxylic acids is 1. The van der Waals surface area contributed by atoms with Gasteiger partial charge in [-0.25, -0.2) is 4.79 Å². The molecular formula is C14H17IO4. The first kappa shape index (κ1) is 14.7. The van der Waals surface area contributed by atoms with Crippen LogP contribution in [0.5, 0.6) is 0 Å². The van der Waals surface area contributed by atoms with Crippen LogP contribution in [-0.4, -0.2) is 36.0 Å². The maximum absolute atomic E-state index is 12.0. The van der Waals surface area contributed by atoms with Crippen molar-refractivity contribution < 1.29 is 19.0 Å². The molecule has 0 bridgehead atoms. The summed E-state index contributed by atoms with van der Waals surface area (Å²) in [7, 11) is 1.63. The Morgan fingerprint density at radius 1 is 1.37 bits per heavy atom. The zero-order chi connectivity index (χ0) is 13.7. The van der Waals surface area contributed by atoms with Crippen LogP contribution in [0.1, 0.15) is 23.2 Å². The molecule has 1 aliphatic heterocycles. The molecule has 0 radical (unpaired) electrons. The Bertz CT molecular complexity index is 409. The van der Waals surface area contributed by atoms with Gasteiger partial charge < -0.3 is 14.2 Å². The maximum Gasteiger partial charge on any atom is 0.338 e. The Hall–Kier alpha value is -0.660. The highest BCUT2D eigenvalue weighted by Gasteiger charge is 2.33. The molecule has 1 fully saturated rings. The second-order valence-corrected chi connectivity index (χ2v) is 5.26. The first-order chi connectivity index (χ1) is 9.24. The minimum absolute atomic E-state index is 0.105. The monoisotopic (exact) mass is 376 g/mol. The van der Waals surface area contributed by atoms with E-state index in [0.29, 0.717) is 5.56 Å². The minimum Gasteiger partial charge on any atom is -0.456 e. The van der Waals surface area contributed by atoms with Crippen molar-refractivity contribution in [1.29, 1.82) is 0 Å². The third-order valence-electron chi connectivity index (χ3n) is 3.11. The average Bonchev–Trinajstić information content (AvgIpc) is 2.48. The molecule has 1 saturated heterocycles. The molecule has 4 nitrogen and oxygen atoms in total. The molecule has 0 unspecified atom stereocenters. The Balaban J connectivity index is 1.96. The van der Waals surface area contributed by atoms with Gasteiger partial charge in [0.2, 0.25) is 0 Å². The number of benzene rings is 1. The lowest BCUT2D eigenvalue weighted by Gasteiger charge is -2.34. The lowest BCUT2D eigenvalue weighted by molar-refractivity contribution is -0.204. The molecule has 0 aliphatic carbocycles. The third kappa shape index (κ3) is 3.90. The summed E-state index contributed by atoms with van der Waals surface area (Å²) in [5.41, 5.74) is 0.573. The molecule has 2 rings (SSSR count). The highest BCUT2D eigenvalue weighted by atomic mass is 127. The second-order valence-electron chi connectivity index (χ2n) is 4.38. The molecule has 0 amide bonds. The number of methoxy groups -OCH3 is 1. The fourth-order valence-electron chi connectivity index (χ4n) is 2.06. The fourth-order valence-corrected chi connectivity index (χ4v) is 2.84. The normalized spacial score (nSPS) is 26.9. The van der Waals surface area contributed by atoms with Gasteiger partial charge in [-0.2, -0.15) is 0 Å². The fraction of sp³-hybridized carbons (Fsp3) is 0.500. The molecule has 0 spiro atoms. The van der Waals surface area contributed by atoms with Gasteiger partial charge in [-0.1, -0.05) is 40.8 Å². The number of halogens is 1. The molecule has 0 saturated carbocycles. The van der Waals surface area contributed by atoms with Crippen LogP contribution in [-0.2, 0) is 14.2 Å². The van der Waals surface area contributed by atoms with Crippen molar-refractivity contribution >= 4 is 28.6 Å². The predicted molar refractivity (Wildman–Crippen MR) is 79.4 cm³/mol. The summed E-state index contributed by atoms with van der Waals surface area (Å²) in [4.78, 5) is 12.0. The number of hydrogen-bond donors (Lipinski definition) is 0. The molecular weight excluding hydrogens is 359 g/mol. The Kier molecular flexibility index (Phi) is 5.59. The molecule has 1 aromatic rings. The number of esters is 1. The summed E-state index contributed by atoms with van der Waals surface area (Å²) < 4.78 is 17.2. The number of rotatable bonds is 4. The first-order valence-corrected chi connectivity index (χ1v) is 7.77. The van der Waals surface area contributed by atoms with Crippen LogP contribution in [0.3, 0.4) is 0 Å². The summed E-state index contributed by atoms with van der Waals surface area (Å²) in [6.45, 7) is 0. The van der Waals surface area contributed by atoms with Gasteiger partial charge in [-0.15, -0.1) is 0 Å². The molecule has 1 heterocycles. The van der Waals surface area contributed by atoms with Crippen molar-refractivity contribution in [2.75, 3.05) is 11.5 Å². The van der Waals surface area contributed by atoms with Gasteiger partial charge in [0.25, 0.3) is 0 Å². The summed E-state index contributed by atoms with van der Waals surface area (Å²) in [5.74, 6) is -0.292. The average molecular weight is 376 g/mol. The molecule has 1 aromatic carbocycles. The van der Waals surface area contributed by atoms with Gasteiger partial charge >= 0.3 is 5.97 Å². The van der Waals surface area contributed by atoms with E-state index in [-0.39, 0.29) is 24.5 Å². The van der Waals surface area contributed by atoms with Crippen molar-refractivity contribution in [1.82, 2.24) is 0 Å². The predicted octanol–water partition coefficient (Wildman–Crippen LogP) is 2.80. The molecule has 3 atom stereocenters. The Morgan fingerprint density at radius 2 is 2.11 bits per heavy atom. The molecule has 1 aliphatic rings. The standard InChI is InChI=1S/C14H17IO4/c1-17-13-8-7-11(12(9-15)18-13)19-14(16)10-5-3-2-4-6-10/h2-6,11-13H,7-9H2,1H3/t11-,12-,13-/m0/s1. The van der Waals surface area contributed by atoms with E-state index >= 15 is 0 Å². The summed E-state index contributed by atoms with van der Waals surface area (Å²) >= 11 is 2.24. The van der Waals surface area contributed by atoms with E-state index in [1.165, 1.54) is 0 Å². The zero-order valence-corrected chi connectivity index (χ0v) is 12.9. The van der Waals surface area contributed by atoms with E-state index < -0.39 is 0 Å². The van der Waals surface area contributed by atoms with Crippen LogP contribution < -0.4 is 0 Å². The summed E-state index contributed by atoms with van der Waals surface area (Å²) in [6, 6.07) is 9.03. The molecule has 0 aromatic heterocycles. The largest absolute Gasteiger partial charge is 0.456 e. The van der Waals surface area contributed by atoms with Gasteiger partial charge in [0.15, 0.2) is 6.29 Å². The zero-order valence-electron chi connectivity index (χ0n) is 10.8. The Morgan fingerprint density at radius 3 is 2.74 bits per heavy atom. The number of carbonyl (C=O) groups is 1. The summed E-state index contributed by atoms with van der Waals surface area (Å²) in [6.07, 6.45) is 1.02. The molecule has 0 N–H and O–H groups in total. The van der Waals surface area contributed by atoms with Crippen molar-refractivity contribution in [3.05, 3.63) is 35.9 Å². The number of alkyl halides is 1. The van der Waals surface area contributed by atoms with E-state index in [1.54, 1.807) is 19.2 Å². The molecule has 104 valence electrons. The van der Waals surface area contributed by atoms with Gasteiger partial charge in [0.05, 0.1) is 5.56 Å². The third-order valence-corrected chi connectivity index (χ3v) is 3.98. The summed E-state index contributed by atoms with van der Waals surface area (Å²) in [5, 5.41) is 0. The van der Waals surface area contributed by atoms with Crippen molar-refractivity contribution in [3.8, 4) is 0 Å². The van der Waals surface area contributed by atoms with Crippen molar-refractivity contribution in [2.24, 2.45) is 0 Å². The van der Waals surface area contributed by atoms with E-state index in [4.69, 9.17) is 14.2 Å².